The van der Waals surface area contributed by atoms with Crippen molar-refractivity contribution in [2.45, 2.75) is 18.9 Å². The Morgan fingerprint density at radius 1 is 1.50 bits per heavy atom. The molecular formula is C15H21NO4. The van der Waals surface area contributed by atoms with Crippen molar-refractivity contribution in [2.75, 3.05) is 26.7 Å². The van der Waals surface area contributed by atoms with E-state index in [1.165, 1.54) is 0 Å². The minimum absolute atomic E-state index is 0.325. The summed E-state index contributed by atoms with van der Waals surface area (Å²) < 4.78 is 5.24. The van der Waals surface area contributed by atoms with Gasteiger partial charge >= 0.3 is 5.97 Å². The molecule has 1 aromatic carbocycles. The van der Waals surface area contributed by atoms with Gasteiger partial charge in [0.1, 0.15) is 5.75 Å². The standard InChI is InChI=1S/C15H21NO4/c1-20-14-7-3-2-6-12(14)13(17)10-16-8-4-5-11(9-16)15(18)19/h2-3,6-7,11,13,17H,4-5,8-10H2,1H3,(H,18,19). The summed E-state index contributed by atoms with van der Waals surface area (Å²) >= 11 is 0. The van der Waals surface area contributed by atoms with Crippen LogP contribution in [-0.4, -0.2) is 47.8 Å². The van der Waals surface area contributed by atoms with Crippen LogP contribution >= 0.6 is 0 Å². The molecule has 1 aliphatic rings. The molecule has 2 rings (SSSR count). The highest BCUT2D eigenvalue weighted by Gasteiger charge is 2.27. The first-order valence-electron chi connectivity index (χ1n) is 6.88. The van der Waals surface area contributed by atoms with E-state index in [1.807, 2.05) is 29.2 Å². The highest BCUT2D eigenvalue weighted by Crippen LogP contribution is 2.26. The zero-order chi connectivity index (χ0) is 14.5. The number of aliphatic carboxylic acids is 1. The van der Waals surface area contributed by atoms with E-state index in [4.69, 9.17) is 9.84 Å². The Bertz CT molecular complexity index is 463. The largest absolute Gasteiger partial charge is 0.496 e. The fourth-order valence-electron chi connectivity index (χ4n) is 2.71. The van der Waals surface area contributed by atoms with Crippen LogP contribution in [0.25, 0.3) is 0 Å². The zero-order valence-electron chi connectivity index (χ0n) is 11.7. The van der Waals surface area contributed by atoms with Gasteiger partial charge in [-0.1, -0.05) is 18.2 Å². The van der Waals surface area contributed by atoms with Crippen LogP contribution in [0, 0.1) is 5.92 Å². The SMILES string of the molecule is COc1ccccc1C(O)CN1CCCC(C(=O)O)C1. The van der Waals surface area contributed by atoms with E-state index in [9.17, 15) is 9.90 Å². The van der Waals surface area contributed by atoms with Crippen LogP contribution in [0.5, 0.6) is 5.75 Å². The Hall–Kier alpha value is -1.59. The highest BCUT2D eigenvalue weighted by atomic mass is 16.5. The Balaban J connectivity index is 2.00. The summed E-state index contributed by atoms with van der Waals surface area (Å²) in [4.78, 5) is 13.1. The van der Waals surface area contributed by atoms with Crippen molar-refractivity contribution < 1.29 is 19.7 Å². The van der Waals surface area contributed by atoms with Gasteiger partial charge in [-0.2, -0.15) is 0 Å². The van der Waals surface area contributed by atoms with Crippen LogP contribution < -0.4 is 4.74 Å². The lowest BCUT2D eigenvalue weighted by Crippen LogP contribution is -2.40. The Labute approximate surface area is 118 Å². The second-order valence-electron chi connectivity index (χ2n) is 5.19. The first-order chi connectivity index (χ1) is 9.61. The Morgan fingerprint density at radius 3 is 2.95 bits per heavy atom. The molecule has 0 aromatic heterocycles. The van der Waals surface area contributed by atoms with Gasteiger partial charge in [0.25, 0.3) is 0 Å². The topological polar surface area (TPSA) is 70.0 Å². The number of β-amino-alcohol motifs (C(OH)–C–C–N with tert-alkyl or cyclic N) is 1. The summed E-state index contributed by atoms with van der Waals surface area (Å²) in [5, 5.41) is 19.4. The van der Waals surface area contributed by atoms with E-state index in [2.05, 4.69) is 0 Å². The summed E-state index contributed by atoms with van der Waals surface area (Å²) in [5.41, 5.74) is 0.743. The molecule has 110 valence electrons. The molecule has 0 aliphatic carbocycles. The number of piperidine rings is 1. The van der Waals surface area contributed by atoms with Crippen molar-refractivity contribution in [3.8, 4) is 5.75 Å². The first-order valence-corrected chi connectivity index (χ1v) is 6.88. The minimum Gasteiger partial charge on any atom is -0.496 e. The van der Waals surface area contributed by atoms with Gasteiger partial charge in [0, 0.05) is 18.7 Å². The number of carboxylic acid groups (broad SMARTS) is 1. The van der Waals surface area contributed by atoms with Crippen molar-refractivity contribution in [1.29, 1.82) is 0 Å². The molecule has 0 bridgehead atoms. The number of aliphatic hydroxyl groups is 1. The van der Waals surface area contributed by atoms with E-state index >= 15 is 0 Å². The molecule has 0 spiro atoms. The number of hydrogen-bond acceptors (Lipinski definition) is 4. The molecule has 0 saturated carbocycles. The molecule has 2 atom stereocenters. The third-order valence-corrected chi connectivity index (χ3v) is 3.78. The molecule has 2 N–H and O–H groups in total. The van der Waals surface area contributed by atoms with Crippen molar-refractivity contribution in [3.63, 3.8) is 0 Å². The molecule has 1 heterocycles. The van der Waals surface area contributed by atoms with Crippen LogP contribution in [0.4, 0.5) is 0 Å². The van der Waals surface area contributed by atoms with E-state index in [-0.39, 0.29) is 5.92 Å². The van der Waals surface area contributed by atoms with Gasteiger partial charge in [-0.3, -0.25) is 9.69 Å². The quantitative estimate of drug-likeness (QED) is 0.855. The Morgan fingerprint density at radius 2 is 2.25 bits per heavy atom. The maximum atomic E-state index is 11.0. The van der Waals surface area contributed by atoms with Crippen molar-refractivity contribution >= 4 is 5.97 Å². The average Bonchev–Trinajstić information content (AvgIpc) is 2.47. The number of likely N-dealkylation sites (tertiary alicyclic amines) is 1. The smallest absolute Gasteiger partial charge is 0.307 e. The van der Waals surface area contributed by atoms with Crippen LogP contribution in [0.15, 0.2) is 24.3 Å². The monoisotopic (exact) mass is 279 g/mol. The van der Waals surface area contributed by atoms with Crippen molar-refractivity contribution in [3.05, 3.63) is 29.8 Å². The number of para-hydroxylation sites is 1. The first kappa shape index (κ1) is 14.8. The average molecular weight is 279 g/mol. The third-order valence-electron chi connectivity index (χ3n) is 3.78. The summed E-state index contributed by atoms with van der Waals surface area (Å²) in [6.45, 7) is 1.77. The second kappa shape index (κ2) is 6.72. The van der Waals surface area contributed by atoms with Crippen LogP contribution in [0.3, 0.4) is 0 Å². The lowest BCUT2D eigenvalue weighted by molar-refractivity contribution is -0.143. The molecule has 1 aliphatic heterocycles. The van der Waals surface area contributed by atoms with Gasteiger partial charge in [0.2, 0.25) is 0 Å². The number of aliphatic hydroxyl groups excluding tert-OH is 1. The van der Waals surface area contributed by atoms with Gasteiger partial charge in [-0.15, -0.1) is 0 Å². The van der Waals surface area contributed by atoms with E-state index < -0.39 is 12.1 Å². The predicted octanol–water partition coefficient (Wildman–Crippen LogP) is 1.53. The summed E-state index contributed by atoms with van der Waals surface area (Å²) in [5.74, 6) is -0.415. The number of methoxy groups -OCH3 is 1. The lowest BCUT2D eigenvalue weighted by atomic mass is 9.97. The fraction of sp³-hybridized carbons (Fsp3) is 0.533. The number of ether oxygens (including phenoxy) is 1. The molecule has 1 fully saturated rings. The molecule has 1 aromatic rings. The van der Waals surface area contributed by atoms with Gasteiger partial charge in [-0.25, -0.2) is 0 Å². The molecule has 1 saturated heterocycles. The number of hydrogen-bond donors (Lipinski definition) is 2. The number of carbonyl (C=O) groups is 1. The maximum Gasteiger partial charge on any atom is 0.307 e. The third kappa shape index (κ3) is 3.49. The molecule has 5 heteroatoms. The molecule has 2 unspecified atom stereocenters. The van der Waals surface area contributed by atoms with Gasteiger partial charge < -0.3 is 14.9 Å². The zero-order valence-corrected chi connectivity index (χ0v) is 11.7. The lowest BCUT2D eigenvalue weighted by Gasteiger charge is -2.32. The van der Waals surface area contributed by atoms with Crippen LogP contribution in [0.2, 0.25) is 0 Å². The summed E-state index contributed by atoms with van der Waals surface area (Å²) in [6.07, 6.45) is 0.908. The summed E-state index contributed by atoms with van der Waals surface area (Å²) in [7, 11) is 1.58. The molecule has 20 heavy (non-hydrogen) atoms. The van der Waals surface area contributed by atoms with Crippen LogP contribution in [-0.2, 0) is 4.79 Å². The number of nitrogens with zero attached hydrogens (tertiary/aromatic N) is 1. The van der Waals surface area contributed by atoms with Crippen molar-refractivity contribution in [2.24, 2.45) is 5.92 Å². The van der Waals surface area contributed by atoms with Crippen LogP contribution in [0.1, 0.15) is 24.5 Å². The molecule has 0 radical (unpaired) electrons. The Kier molecular flexibility index (Phi) is 4.98. The van der Waals surface area contributed by atoms with E-state index in [1.54, 1.807) is 7.11 Å². The number of benzene rings is 1. The van der Waals surface area contributed by atoms with Gasteiger partial charge in [0.15, 0.2) is 0 Å². The van der Waals surface area contributed by atoms with E-state index in [0.717, 1.165) is 24.9 Å². The highest BCUT2D eigenvalue weighted by molar-refractivity contribution is 5.70. The van der Waals surface area contributed by atoms with Crippen molar-refractivity contribution in [1.82, 2.24) is 4.90 Å². The number of rotatable bonds is 5. The fourth-order valence-corrected chi connectivity index (χ4v) is 2.71. The normalized spacial score (nSPS) is 21.4. The van der Waals surface area contributed by atoms with Gasteiger partial charge in [0.05, 0.1) is 19.1 Å². The predicted molar refractivity (Wildman–Crippen MR) is 74.8 cm³/mol. The number of carboxylic acids is 1. The van der Waals surface area contributed by atoms with Gasteiger partial charge in [-0.05, 0) is 25.5 Å². The summed E-state index contributed by atoms with van der Waals surface area (Å²) in [6, 6.07) is 7.37. The molecular weight excluding hydrogens is 258 g/mol. The maximum absolute atomic E-state index is 11.0. The second-order valence-corrected chi connectivity index (χ2v) is 5.19. The molecule has 5 nitrogen and oxygen atoms in total. The van der Waals surface area contributed by atoms with E-state index in [0.29, 0.717) is 18.8 Å². The minimum atomic E-state index is -0.749. The molecule has 0 amide bonds.